The van der Waals surface area contributed by atoms with Crippen molar-refractivity contribution in [2.24, 2.45) is 5.92 Å². The Morgan fingerprint density at radius 3 is 2.40 bits per heavy atom. The number of carbonyl (C=O) groups excluding carboxylic acids is 2. The molecule has 7 rings (SSSR count). The summed E-state index contributed by atoms with van der Waals surface area (Å²) in [6.07, 6.45) is 4.34. The van der Waals surface area contributed by atoms with E-state index in [1.165, 1.54) is 6.08 Å². The van der Waals surface area contributed by atoms with E-state index in [1.807, 2.05) is 88.3 Å². The van der Waals surface area contributed by atoms with Crippen molar-refractivity contribution < 1.29 is 14.3 Å². The lowest BCUT2D eigenvalue weighted by Crippen LogP contribution is -2.49. The van der Waals surface area contributed by atoms with Crippen LogP contribution in [-0.4, -0.2) is 67.7 Å². The molecule has 9 heteroatoms. The number of para-hydroxylation sites is 2. The molecule has 1 N–H and O–H groups in total. The van der Waals surface area contributed by atoms with Crippen molar-refractivity contribution in [1.29, 1.82) is 0 Å². The summed E-state index contributed by atoms with van der Waals surface area (Å²) < 4.78 is 7.48. The first-order valence-electron chi connectivity index (χ1n) is 16.3. The second-order valence-electron chi connectivity index (χ2n) is 12.5. The summed E-state index contributed by atoms with van der Waals surface area (Å²) in [4.78, 5) is 46.1. The second-order valence-corrected chi connectivity index (χ2v) is 12.5. The Labute approximate surface area is 274 Å². The number of amides is 2. The molecule has 4 aromatic rings. The van der Waals surface area contributed by atoms with Gasteiger partial charge in [-0.05, 0) is 60.4 Å². The van der Waals surface area contributed by atoms with Crippen LogP contribution >= 0.6 is 0 Å². The van der Waals surface area contributed by atoms with Gasteiger partial charge >= 0.3 is 0 Å². The van der Waals surface area contributed by atoms with Crippen molar-refractivity contribution in [1.82, 2.24) is 9.47 Å². The first kappa shape index (κ1) is 30.3. The molecule has 3 aliphatic heterocycles. The molecular weight excluding hydrogens is 590 g/mol. The number of aromatic nitrogens is 1. The first-order chi connectivity index (χ1) is 23.0. The van der Waals surface area contributed by atoms with Crippen LogP contribution in [0.2, 0.25) is 0 Å². The number of pyridine rings is 1. The predicted octanol–water partition coefficient (Wildman–Crippen LogP) is 5.09. The molecule has 1 aromatic heterocycles. The number of nitrogens with zero attached hydrogens (tertiary/aromatic N) is 4. The number of piperazine rings is 1. The Morgan fingerprint density at radius 1 is 0.809 bits per heavy atom. The van der Waals surface area contributed by atoms with Crippen LogP contribution in [0.1, 0.15) is 34.0 Å². The summed E-state index contributed by atoms with van der Waals surface area (Å²) in [7, 11) is 1.67. The highest BCUT2D eigenvalue weighted by Gasteiger charge is 2.35. The minimum absolute atomic E-state index is 0.0513. The molecule has 3 aliphatic rings. The molecule has 0 aliphatic carbocycles. The van der Waals surface area contributed by atoms with E-state index < -0.39 is 0 Å². The van der Waals surface area contributed by atoms with Gasteiger partial charge in [-0.25, -0.2) is 0 Å². The normalized spacial score (nSPS) is 19.0. The molecule has 2 fully saturated rings. The summed E-state index contributed by atoms with van der Waals surface area (Å²) in [6.45, 7) is 4.71. The molecule has 0 radical (unpaired) electrons. The van der Waals surface area contributed by atoms with Crippen LogP contribution in [0.25, 0.3) is 6.08 Å². The number of nitrogens with one attached hydrogen (secondary N) is 1. The van der Waals surface area contributed by atoms with Gasteiger partial charge in [-0.1, -0.05) is 48.5 Å². The van der Waals surface area contributed by atoms with E-state index in [4.69, 9.17) is 4.74 Å². The van der Waals surface area contributed by atoms with E-state index in [9.17, 15) is 14.4 Å². The molecule has 47 heavy (non-hydrogen) atoms. The fourth-order valence-electron chi connectivity index (χ4n) is 7.27. The molecular formula is C38H39N5O4. The zero-order valence-corrected chi connectivity index (χ0v) is 26.5. The number of methoxy groups -OCH3 is 1. The smallest absolute Gasteiger partial charge is 0.254 e. The van der Waals surface area contributed by atoms with E-state index in [1.54, 1.807) is 19.3 Å². The molecule has 2 bridgehead atoms. The van der Waals surface area contributed by atoms with Crippen molar-refractivity contribution >= 4 is 35.0 Å². The highest BCUT2D eigenvalue weighted by Crippen LogP contribution is 2.39. The second kappa shape index (κ2) is 13.2. The van der Waals surface area contributed by atoms with Gasteiger partial charge in [0.15, 0.2) is 0 Å². The maximum Gasteiger partial charge on any atom is 0.254 e. The molecule has 3 aromatic carbocycles. The van der Waals surface area contributed by atoms with Gasteiger partial charge in [0.05, 0.1) is 24.2 Å². The maximum absolute atomic E-state index is 13.8. The summed E-state index contributed by atoms with van der Waals surface area (Å²) in [6, 6.07) is 28.8. The standard InChI is InChI=1S/C38H39N5O4/c1-47-35-12-6-5-10-34(35)40-18-20-41(21-19-40)38(46)29-15-16-33(31(23-29)39-36(44)17-14-27-8-3-2-4-9-27)42-24-28-22-30(26-42)32-11-7-13-37(45)43(32)25-28/h2-17,23,28,30H,18-22,24-26H2,1H3,(H,39,44). The first-order valence-corrected chi connectivity index (χ1v) is 16.3. The molecule has 9 nitrogen and oxygen atoms in total. The number of rotatable bonds is 7. The van der Waals surface area contributed by atoms with Crippen LogP contribution in [0.4, 0.5) is 17.1 Å². The monoisotopic (exact) mass is 629 g/mol. The Bertz CT molecular complexity index is 1860. The molecule has 2 saturated heterocycles. The van der Waals surface area contributed by atoms with Gasteiger partial charge in [-0.2, -0.15) is 0 Å². The minimum atomic E-state index is -0.265. The maximum atomic E-state index is 13.8. The fraction of sp³-hybridized carbons (Fsp3) is 0.289. The highest BCUT2D eigenvalue weighted by molar-refractivity contribution is 6.05. The molecule has 0 saturated carbocycles. The Balaban J connectivity index is 1.13. The zero-order valence-electron chi connectivity index (χ0n) is 26.5. The predicted molar refractivity (Wildman–Crippen MR) is 185 cm³/mol. The van der Waals surface area contributed by atoms with E-state index in [0.29, 0.717) is 49.9 Å². The summed E-state index contributed by atoms with van der Waals surface area (Å²) in [5, 5.41) is 3.10. The SMILES string of the molecule is COc1ccccc1N1CCN(C(=O)c2ccc(N3CC4CC(C3)c3cccc(=O)n3C4)c(NC(=O)C=Cc3ccccc3)c2)CC1. The van der Waals surface area contributed by atoms with Crippen molar-refractivity contribution in [2.45, 2.75) is 18.9 Å². The third-order valence-corrected chi connectivity index (χ3v) is 9.54. The van der Waals surface area contributed by atoms with Crippen LogP contribution in [0.3, 0.4) is 0 Å². The van der Waals surface area contributed by atoms with Gasteiger partial charge in [0, 0.05) is 75.1 Å². The van der Waals surface area contributed by atoms with E-state index >= 15 is 0 Å². The third-order valence-electron chi connectivity index (χ3n) is 9.54. The topological polar surface area (TPSA) is 87.1 Å². The van der Waals surface area contributed by atoms with Gasteiger partial charge in [0.25, 0.3) is 11.5 Å². The average molecular weight is 630 g/mol. The lowest BCUT2D eigenvalue weighted by Gasteiger charge is -2.44. The lowest BCUT2D eigenvalue weighted by molar-refractivity contribution is -0.111. The number of fused-ring (bicyclic) bond motifs is 4. The van der Waals surface area contributed by atoms with Crippen LogP contribution in [-0.2, 0) is 11.3 Å². The largest absolute Gasteiger partial charge is 0.495 e. The van der Waals surface area contributed by atoms with Gasteiger partial charge in [-0.3, -0.25) is 14.4 Å². The molecule has 240 valence electrons. The molecule has 2 amide bonds. The van der Waals surface area contributed by atoms with Crippen LogP contribution in [0.5, 0.6) is 5.75 Å². The number of benzene rings is 3. The van der Waals surface area contributed by atoms with Crippen LogP contribution in [0, 0.1) is 5.92 Å². The molecule has 2 unspecified atom stereocenters. The molecule has 4 heterocycles. The summed E-state index contributed by atoms with van der Waals surface area (Å²) in [5.74, 6) is 1.01. The van der Waals surface area contributed by atoms with Crippen LogP contribution < -0.4 is 25.4 Å². The van der Waals surface area contributed by atoms with Gasteiger partial charge in [-0.15, -0.1) is 0 Å². The van der Waals surface area contributed by atoms with Gasteiger partial charge in [0.2, 0.25) is 5.91 Å². The van der Waals surface area contributed by atoms with Crippen molar-refractivity contribution in [3.8, 4) is 5.75 Å². The average Bonchev–Trinajstić information content (AvgIpc) is 3.11. The number of carbonyl (C=O) groups is 2. The number of ether oxygens (including phenoxy) is 1. The van der Waals surface area contributed by atoms with Gasteiger partial charge in [0.1, 0.15) is 5.75 Å². The highest BCUT2D eigenvalue weighted by atomic mass is 16.5. The zero-order chi connectivity index (χ0) is 32.3. The van der Waals surface area contributed by atoms with Crippen molar-refractivity contribution in [2.75, 3.05) is 61.5 Å². The fourth-order valence-corrected chi connectivity index (χ4v) is 7.27. The Kier molecular flexibility index (Phi) is 8.52. The van der Waals surface area contributed by atoms with Gasteiger partial charge < -0.3 is 29.3 Å². The molecule has 0 spiro atoms. The quantitative estimate of drug-likeness (QED) is 0.287. The number of hydrogen-bond donors (Lipinski definition) is 1. The minimum Gasteiger partial charge on any atom is -0.495 e. The van der Waals surface area contributed by atoms with Crippen molar-refractivity contribution in [3.05, 3.63) is 124 Å². The van der Waals surface area contributed by atoms with Crippen molar-refractivity contribution in [3.63, 3.8) is 0 Å². The van der Waals surface area contributed by atoms with E-state index in [2.05, 4.69) is 21.2 Å². The van der Waals surface area contributed by atoms with E-state index in [0.717, 1.165) is 47.9 Å². The lowest BCUT2D eigenvalue weighted by atomic mass is 9.83. The Morgan fingerprint density at radius 2 is 1.60 bits per heavy atom. The number of hydrogen-bond acceptors (Lipinski definition) is 6. The number of piperidine rings is 1. The third kappa shape index (κ3) is 6.38. The summed E-state index contributed by atoms with van der Waals surface area (Å²) in [5.41, 5.74) is 5.10. The van der Waals surface area contributed by atoms with E-state index in [-0.39, 0.29) is 23.3 Å². The summed E-state index contributed by atoms with van der Waals surface area (Å²) >= 11 is 0. The van der Waals surface area contributed by atoms with Crippen LogP contribution in [0.15, 0.2) is 102 Å². The molecule has 2 atom stereocenters. The number of anilines is 3. The Hall–Kier alpha value is -5.31.